The fourth-order valence-electron chi connectivity index (χ4n) is 3.76. The minimum absolute atomic E-state index is 0.00426. The van der Waals surface area contributed by atoms with Crippen LogP contribution in [0.25, 0.3) is 0 Å². The summed E-state index contributed by atoms with van der Waals surface area (Å²) >= 11 is 0. The van der Waals surface area contributed by atoms with Gasteiger partial charge in [0.2, 0.25) is 5.91 Å². The first kappa shape index (κ1) is 20.4. The van der Waals surface area contributed by atoms with Gasteiger partial charge in [0.1, 0.15) is 6.23 Å². The summed E-state index contributed by atoms with van der Waals surface area (Å²) in [4.78, 5) is 26.0. The number of aliphatic hydroxyl groups is 1. The van der Waals surface area contributed by atoms with Crippen molar-refractivity contribution < 1.29 is 19.4 Å². The van der Waals surface area contributed by atoms with Crippen molar-refractivity contribution in [2.45, 2.75) is 57.5 Å². The van der Waals surface area contributed by atoms with Crippen LogP contribution in [0.2, 0.25) is 0 Å². The summed E-state index contributed by atoms with van der Waals surface area (Å²) in [5, 5.41) is 18.2. The molecule has 2 aliphatic rings. The lowest BCUT2D eigenvalue weighted by molar-refractivity contribution is -0.130. The first-order valence-electron chi connectivity index (χ1n) is 9.90. The molecule has 3 amide bonds. The van der Waals surface area contributed by atoms with E-state index in [0.29, 0.717) is 12.6 Å². The third-order valence-corrected chi connectivity index (χ3v) is 5.50. The van der Waals surface area contributed by atoms with Gasteiger partial charge < -0.3 is 30.7 Å². The Morgan fingerprint density at radius 2 is 2.04 bits per heavy atom. The number of benzene rings is 1. The normalized spacial score (nSPS) is 22.0. The number of ether oxygens (including phenoxy) is 1. The highest BCUT2D eigenvalue weighted by Crippen LogP contribution is 2.29. The second-order valence-electron chi connectivity index (χ2n) is 7.54. The van der Waals surface area contributed by atoms with Crippen molar-refractivity contribution in [2.75, 3.05) is 25.5 Å². The molecule has 1 aromatic rings. The van der Waals surface area contributed by atoms with Crippen molar-refractivity contribution >= 4 is 17.6 Å². The second kappa shape index (κ2) is 9.25. The van der Waals surface area contributed by atoms with Crippen LogP contribution >= 0.6 is 0 Å². The average molecular weight is 390 g/mol. The van der Waals surface area contributed by atoms with Gasteiger partial charge in [-0.1, -0.05) is 18.9 Å². The zero-order chi connectivity index (χ0) is 20.1. The van der Waals surface area contributed by atoms with Gasteiger partial charge >= 0.3 is 6.03 Å². The molecule has 28 heavy (non-hydrogen) atoms. The predicted molar refractivity (Wildman–Crippen MR) is 106 cm³/mol. The lowest BCUT2D eigenvalue weighted by Gasteiger charge is -2.24. The predicted octanol–water partition coefficient (Wildman–Crippen LogP) is 1.71. The van der Waals surface area contributed by atoms with Crippen molar-refractivity contribution in [3.05, 3.63) is 29.3 Å². The Bertz CT molecular complexity index is 705. The molecule has 3 rings (SSSR count). The Hall–Kier alpha value is -2.32. The Kier molecular flexibility index (Phi) is 6.74. The molecule has 0 aromatic heterocycles. The summed E-state index contributed by atoms with van der Waals surface area (Å²) in [6.07, 6.45) is 3.52. The summed E-state index contributed by atoms with van der Waals surface area (Å²) < 4.78 is 5.60. The third-order valence-electron chi connectivity index (χ3n) is 5.50. The van der Waals surface area contributed by atoms with Gasteiger partial charge in [-0.3, -0.25) is 4.79 Å². The maximum Gasteiger partial charge on any atom is 0.315 e. The largest absolute Gasteiger partial charge is 0.371 e. The molecule has 1 aliphatic heterocycles. The number of fused-ring (bicyclic) bond motifs is 1. The first-order valence-corrected chi connectivity index (χ1v) is 9.90. The van der Waals surface area contributed by atoms with E-state index in [9.17, 15) is 14.7 Å². The summed E-state index contributed by atoms with van der Waals surface area (Å²) in [6, 6.07) is 5.63. The van der Waals surface area contributed by atoms with Crippen LogP contribution in [0.4, 0.5) is 10.5 Å². The molecule has 1 aliphatic carbocycles. The SMILES string of the molecule is C[C@H]1OC[C@@H](O)Nc2ccc(CNC(=O)NCC(=O)N(C)C3CCCC3)cc21. The van der Waals surface area contributed by atoms with Gasteiger partial charge in [0.15, 0.2) is 0 Å². The van der Waals surface area contributed by atoms with Crippen LogP contribution in [0.1, 0.15) is 49.8 Å². The van der Waals surface area contributed by atoms with Gasteiger partial charge in [-0.15, -0.1) is 0 Å². The number of hydrogen-bond donors (Lipinski definition) is 4. The molecule has 8 nitrogen and oxygen atoms in total. The summed E-state index contributed by atoms with van der Waals surface area (Å²) in [6.45, 7) is 2.47. The van der Waals surface area contributed by atoms with E-state index in [2.05, 4.69) is 16.0 Å². The molecule has 0 radical (unpaired) electrons. The van der Waals surface area contributed by atoms with E-state index in [4.69, 9.17) is 4.74 Å². The maximum atomic E-state index is 12.2. The van der Waals surface area contributed by atoms with Crippen molar-refractivity contribution in [3.8, 4) is 0 Å². The highest BCUT2D eigenvalue weighted by atomic mass is 16.5. The fourth-order valence-corrected chi connectivity index (χ4v) is 3.76. The van der Waals surface area contributed by atoms with E-state index in [-0.39, 0.29) is 31.2 Å². The summed E-state index contributed by atoms with van der Waals surface area (Å²) in [5.41, 5.74) is 2.67. The molecule has 1 aromatic carbocycles. The van der Waals surface area contributed by atoms with Gasteiger partial charge in [-0.05, 0) is 37.5 Å². The molecule has 0 spiro atoms. The fraction of sp³-hybridized carbons (Fsp3) is 0.600. The van der Waals surface area contributed by atoms with Crippen LogP contribution in [-0.2, 0) is 16.1 Å². The number of rotatable bonds is 5. The number of nitrogens with one attached hydrogen (secondary N) is 3. The lowest BCUT2D eigenvalue weighted by atomic mass is 10.0. The number of carbonyl (C=O) groups excluding carboxylic acids is 2. The standard InChI is InChI=1S/C20H30N4O4/c1-13-16-9-14(7-8-17(16)23-18(25)12-28-13)10-21-20(27)22-11-19(26)24(2)15-5-3-4-6-15/h7-9,13,15,18,23,25H,3-6,10-12H2,1-2H3,(H2,21,22,27)/t13-,18-/m1/s1. The van der Waals surface area contributed by atoms with Crippen LogP contribution < -0.4 is 16.0 Å². The van der Waals surface area contributed by atoms with Crippen LogP contribution in [-0.4, -0.2) is 54.4 Å². The number of likely N-dealkylation sites (N-methyl/N-ethyl adjacent to an activating group) is 1. The molecular formula is C20H30N4O4. The highest BCUT2D eigenvalue weighted by Gasteiger charge is 2.23. The quantitative estimate of drug-likeness (QED) is 0.613. The third kappa shape index (κ3) is 5.14. The molecule has 2 atom stereocenters. The first-order chi connectivity index (χ1) is 13.4. The number of hydrogen-bond acceptors (Lipinski definition) is 5. The minimum atomic E-state index is -0.738. The monoisotopic (exact) mass is 390 g/mol. The van der Waals surface area contributed by atoms with E-state index in [0.717, 1.165) is 42.5 Å². The molecule has 1 saturated carbocycles. The highest BCUT2D eigenvalue weighted by molar-refractivity contribution is 5.84. The van der Waals surface area contributed by atoms with Crippen LogP contribution in [0.3, 0.4) is 0 Å². The number of urea groups is 1. The maximum absolute atomic E-state index is 12.2. The van der Waals surface area contributed by atoms with E-state index in [1.54, 1.807) is 4.90 Å². The number of carbonyl (C=O) groups is 2. The van der Waals surface area contributed by atoms with E-state index in [1.807, 2.05) is 32.2 Å². The molecule has 0 saturated heterocycles. The average Bonchev–Trinajstić information content (AvgIpc) is 3.19. The molecule has 8 heteroatoms. The van der Waals surface area contributed by atoms with E-state index < -0.39 is 6.23 Å². The molecule has 0 bridgehead atoms. The Balaban J connectivity index is 1.47. The molecule has 4 N–H and O–H groups in total. The minimum Gasteiger partial charge on any atom is -0.371 e. The van der Waals surface area contributed by atoms with Crippen LogP contribution in [0.5, 0.6) is 0 Å². The summed E-state index contributed by atoms with van der Waals surface area (Å²) in [5.74, 6) is -0.0670. The Labute approximate surface area is 165 Å². The van der Waals surface area contributed by atoms with Crippen molar-refractivity contribution in [2.24, 2.45) is 0 Å². The second-order valence-corrected chi connectivity index (χ2v) is 7.54. The number of aliphatic hydroxyl groups excluding tert-OH is 1. The van der Waals surface area contributed by atoms with Gasteiger partial charge in [-0.25, -0.2) is 4.79 Å². The number of amides is 3. The summed E-state index contributed by atoms with van der Waals surface area (Å²) in [7, 11) is 1.81. The van der Waals surface area contributed by atoms with E-state index >= 15 is 0 Å². The van der Waals surface area contributed by atoms with Crippen LogP contribution in [0.15, 0.2) is 18.2 Å². The molecular weight excluding hydrogens is 360 g/mol. The zero-order valence-corrected chi connectivity index (χ0v) is 16.5. The molecule has 1 fully saturated rings. The van der Waals surface area contributed by atoms with Gasteiger partial charge in [0.05, 0.1) is 19.3 Å². The smallest absolute Gasteiger partial charge is 0.315 e. The van der Waals surface area contributed by atoms with E-state index in [1.165, 1.54) is 0 Å². The van der Waals surface area contributed by atoms with Gasteiger partial charge in [0.25, 0.3) is 0 Å². The van der Waals surface area contributed by atoms with Gasteiger partial charge in [-0.2, -0.15) is 0 Å². The topological polar surface area (TPSA) is 103 Å². The lowest BCUT2D eigenvalue weighted by Crippen LogP contribution is -2.45. The number of nitrogens with zero attached hydrogens (tertiary/aromatic N) is 1. The Morgan fingerprint density at radius 3 is 2.79 bits per heavy atom. The molecule has 154 valence electrons. The Morgan fingerprint density at radius 1 is 1.29 bits per heavy atom. The zero-order valence-electron chi connectivity index (χ0n) is 16.5. The number of anilines is 1. The van der Waals surface area contributed by atoms with Gasteiger partial charge in [0, 0.05) is 30.9 Å². The van der Waals surface area contributed by atoms with Crippen molar-refractivity contribution in [3.63, 3.8) is 0 Å². The van der Waals surface area contributed by atoms with Crippen molar-refractivity contribution in [1.29, 1.82) is 0 Å². The molecule has 0 unspecified atom stereocenters. The molecule has 1 heterocycles. The van der Waals surface area contributed by atoms with Crippen LogP contribution in [0, 0.1) is 0 Å². The van der Waals surface area contributed by atoms with Crippen molar-refractivity contribution in [1.82, 2.24) is 15.5 Å².